The van der Waals surface area contributed by atoms with Crippen molar-refractivity contribution in [2.75, 3.05) is 6.61 Å². The van der Waals surface area contributed by atoms with Crippen LogP contribution < -0.4 is 17.0 Å². The summed E-state index contributed by atoms with van der Waals surface area (Å²) in [6, 6.07) is -0.718. The molecular formula is C7H15N3O3. The maximum Gasteiger partial charge on any atom is 0.330 e. The molecule has 0 saturated heterocycles. The highest BCUT2D eigenvalue weighted by atomic mass is 16.5. The van der Waals surface area contributed by atoms with Crippen LogP contribution in [0.5, 0.6) is 0 Å². The molecular weight excluding hydrogens is 174 g/mol. The van der Waals surface area contributed by atoms with Crippen LogP contribution in [0, 0.1) is 0 Å². The van der Waals surface area contributed by atoms with Gasteiger partial charge in [0.2, 0.25) is 0 Å². The second kappa shape index (κ2) is 10.4. The van der Waals surface area contributed by atoms with E-state index in [0.717, 1.165) is 12.5 Å². The number of carbonyl (C=O) groups is 2. The van der Waals surface area contributed by atoms with Crippen molar-refractivity contribution < 1.29 is 14.3 Å². The van der Waals surface area contributed by atoms with E-state index in [4.69, 9.17) is 0 Å². The van der Waals surface area contributed by atoms with E-state index in [1.807, 2.05) is 6.92 Å². The van der Waals surface area contributed by atoms with Crippen LogP contribution in [-0.4, -0.2) is 18.6 Å². The molecule has 0 aromatic rings. The highest BCUT2D eigenvalue weighted by Crippen LogP contribution is 1.81. The number of amides is 2. The summed E-state index contributed by atoms with van der Waals surface area (Å²) in [4.78, 5) is 19.6. The molecule has 0 aliphatic rings. The molecule has 0 radical (unpaired) electrons. The average Bonchev–Trinajstić information content (AvgIpc) is 2.15. The second-order valence-electron chi connectivity index (χ2n) is 1.88. The van der Waals surface area contributed by atoms with Gasteiger partial charge in [-0.2, -0.15) is 0 Å². The molecule has 0 rings (SSSR count). The summed E-state index contributed by atoms with van der Waals surface area (Å²) in [5.41, 5.74) is 6.08. The molecule has 13 heavy (non-hydrogen) atoms. The minimum absolute atomic E-state index is 0.341. The molecule has 0 atom stereocenters. The number of nitrogens with one attached hydrogen (secondary N) is 1. The standard InChI is InChI=1S/C6H10O2.CH5N3O/c1-3-5-8-6(7)4-2;2-1(5)4-3/h4H,2-3,5H2,1H3;3H2,(H3,2,4,5). The summed E-state index contributed by atoms with van der Waals surface area (Å²) in [6.45, 7) is 5.67. The van der Waals surface area contributed by atoms with Crippen LogP contribution in [0.3, 0.4) is 0 Å². The number of carbonyl (C=O) groups excluding carboxylic acids is 2. The molecule has 76 valence electrons. The number of urea groups is 1. The third-order valence-corrected chi connectivity index (χ3v) is 0.757. The lowest BCUT2D eigenvalue weighted by Gasteiger charge is -1.94. The summed E-state index contributed by atoms with van der Waals surface area (Å²) in [5, 5.41) is 0. The minimum Gasteiger partial charge on any atom is -0.463 e. The largest absolute Gasteiger partial charge is 0.463 e. The summed E-state index contributed by atoms with van der Waals surface area (Å²) in [7, 11) is 0. The van der Waals surface area contributed by atoms with Crippen LogP contribution in [0.2, 0.25) is 0 Å². The Morgan fingerprint density at radius 1 is 1.62 bits per heavy atom. The average molecular weight is 189 g/mol. The van der Waals surface area contributed by atoms with E-state index in [1.54, 1.807) is 5.43 Å². The number of ether oxygens (including phenoxy) is 1. The molecule has 0 unspecified atom stereocenters. The third kappa shape index (κ3) is 17.9. The van der Waals surface area contributed by atoms with Gasteiger partial charge in [0.15, 0.2) is 0 Å². The SMILES string of the molecule is C=CC(=O)OCCC.NNC(N)=O. The van der Waals surface area contributed by atoms with Gasteiger partial charge in [0, 0.05) is 6.08 Å². The Hall–Kier alpha value is -1.56. The molecule has 0 bridgehead atoms. The molecule has 6 nitrogen and oxygen atoms in total. The third-order valence-electron chi connectivity index (χ3n) is 0.757. The molecule has 0 aromatic heterocycles. The Balaban J connectivity index is 0. The summed E-state index contributed by atoms with van der Waals surface area (Å²) >= 11 is 0. The van der Waals surface area contributed by atoms with E-state index in [9.17, 15) is 9.59 Å². The number of hydrogen-bond donors (Lipinski definition) is 3. The molecule has 0 aromatic carbocycles. The molecule has 0 heterocycles. The number of nitrogens with two attached hydrogens (primary N) is 2. The second-order valence-corrected chi connectivity index (χ2v) is 1.88. The number of primary amides is 1. The van der Waals surface area contributed by atoms with Crippen LogP contribution in [-0.2, 0) is 9.53 Å². The van der Waals surface area contributed by atoms with E-state index in [1.165, 1.54) is 0 Å². The van der Waals surface area contributed by atoms with E-state index in [-0.39, 0.29) is 5.97 Å². The van der Waals surface area contributed by atoms with Gasteiger partial charge in [-0.25, -0.2) is 15.4 Å². The molecule has 2 amide bonds. The van der Waals surface area contributed by atoms with Crippen molar-refractivity contribution in [1.29, 1.82) is 0 Å². The fraction of sp³-hybridized carbons (Fsp3) is 0.429. The highest BCUT2D eigenvalue weighted by Gasteiger charge is 1.89. The molecule has 6 heteroatoms. The van der Waals surface area contributed by atoms with Gasteiger partial charge in [-0.05, 0) is 6.42 Å². The predicted molar refractivity (Wildman–Crippen MR) is 48.4 cm³/mol. The fourth-order valence-corrected chi connectivity index (χ4v) is 0.262. The number of rotatable bonds is 3. The summed E-state index contributed by atoms with van der Waals surface area (Å²) in [6.07, 6.45) is 2.02. The van der Waals surface area contributed by atoms with Crippen LogP contribution in [0.15, 0.2) is 12.7 Å². The lowest BCUT2D eigenvalue weighted by atomic mass is 10.5. The Bertz CT molecular complexity index is 170. The van der Waals surface area contributed by atoms with Gasteiger partial charge in [0.05, 0.1) is 6.61 Å². The topological polar surface area (TPSA) is 107 Å². The first-order valence-corrected chi connectivity index (χ1v) is 3.63. The normalized spacial score (nSPS) is 7.54. The Kier molecular flexibility index (Phi) is 11.2. The van der Waals surface area contributed by atoms with Crippen molar-refractivity contribution in [3.05, 3.63) is 12.7 Å². The highest BCUT2D eigenvalue weighted by molar-refractivity contribution is 5.81. The molecule has 0 saturated carbocycles. The van der Waals surface area contributed by atoms with E-state index >= 15 is 0 Å². The Morgan fingerprint density at radius 2 is 2.08 bits per heavy atom. The fourth-order valence-electron chi connectivity index (χ4n) is 0.262. The van der Waals surface area contributed by atoms with Gasteiger partial charge in [-0.1, -0.05) is 13.5 Å². The number of hydrogen-bond acceptors (Lipinski definition) is 4. The van der Waals surface area contributed by atoms with Crippen LogP contribution >= 0.6 is 0 Å². The van der Waals surface area contributed by atoms with Gasteiger partial charge >= 0.3 is 12.0 Å². The van der Waals surface area contributed by atoms with Crippen LogP contribution in [0.1, 0.15) is 13.3 Å². The lowest BCUT2D eigenvalue weighted by molar-refractivity contribution is -0.137. The van der Waals surface area contributed by atoms with Gasteiger partial charge in [-0.3, -0.25) is 5.43 Å². The zero-order valence-electron chi connectivity index (χ0n) is 7.58. The van der Waals surface area contributed by atoms with E-state index < -0.39 is 6.03 Å². The van der Waals surface area contributed by atoms with E-state index in [2.05, 4.69) is 22.9 Å². The van der Waals surface area contributed by atoms with Gasteiger partial charge < -0.3 is 10.5 Å². The van der Waals surface area contributed by atoms with Crippen molar-refractivity contribution in [2.45, 2.75) is 13.3 Å². The molecule has 0 aliphatic heterocycles. The van der Waals surface area contributed by atoms with Crippen LogP contribution in [0.4, 0.5) is 4.79 Å². The molecule has 5 N–H and O–H groups in total. The van der Waals surface area contributed by atoms with Gasteiger partial charge in [0.1, 0.15) is 0 Å². The first kappa shape index (κ1) is 14.0. The van der Waals surface area contributed by atoms with Crippen molar-refractivity contribution in [1.82, 2.24) is 5.43 Å². The summed E-state index contributed by atoms with van der Waals surface area (Å²) in [5.74, 6) is 4.11. The van der Waals surface area contributed by atoms with Crippen LogP contribution in [0.25, 0.3) is 0 Å². The van der Waals surface area contributed by atoms with Crippen molar-refractivity contribution in [3.63, 3.8) is 0 Å². The van der Waals surface area contributed by atoms with Crippen molar-refractivity contribution >= 4 is 12.0 Å². The number of esters is 1. The maximum absolute atomic E-state index is 10.2. The smallest absolute Gasteiger partial charge is 0.330 e. The Labute approximate surface area is 76.9 Å². The molecule has 0 spiro atoms. The van der Waals surface area contributed by atoms with Gasteiger partial charge in [0.25, 0.3) is 0 Å². The zero-order chi connectivity index (χ0) is 10.7. The maximum atomic E-state index is 10.2. The summed E-state index contributed by atoms with van der Waals surface area (Å²) < 4.78 is 4.58. The van der Waals surface area contributed by atoms with Crippen molar-refractivity contribution in [3.8, 4) is 0 Å². The lowest BCUT2D eigenvalue weighted by Crippen LogP contribution is -2.34. The molecule has 0 fully saturated rings. The quantitative estimate of drug-likeness (QED) is 0.185. The minimum atomic E-state index is -0.718. The monoisotopic (exact) mass is 189 g/mol. The van der Waals surface area contributed by atoms with Crippen molar-refractivity contribution in [2.24, 2.45) is 11.6 Å². The van der Waals surface area contributed by atoms with Gasteiger partial charge in [-0.15, -0.1) is 0 Å². The van der Waals surface area contributed by atoms with E-state index in [0.29, 0.717) is 6.61 Å². The predicted octanol–water partition coefficient (Wildman–Crippen LogP) is -0.346. The Morgan fingerprint density at radius 3 is 2.31 bits per heavy atom. The first-order valence-electron chi connectivity index (χ1n) is 3.63. The number of hydrazine groups is 1. The zero-order valence-corrected chi connectivity index (χ0v) is 7.58. The molecule has 0 aliphatic carbocycles. The first-order chi connectivity index (χ1) is 6.08.